The average Bonchev–Trinajstić information content (AvgIpc) is 2.84. The summed E-state index contributed by atoms with van der Waals surface area (Å²) in [7, 11) is 0. The number of ether oxygens (including phenoxy) is 1. The fraction of sp³-hybridized carbons (Fsp3) is 0.321. The Kier molecular flexibility index (Phi) is 5.92. The molecule has 0 radical (unpaired) electrons. The molecule has 1 fully saturated rings. The number of rotatable bonds is 4. The van der Waals surface area contributed by atoms with Gasteiger partial charge in [0.1, 0.15) is 6.10 Å². The molecule has 0 saturated heterocycles. The van der Waals surface area contributed by atoms with Crippen LogP contribution in [-0.4, -0.2) is 27.6 Å². The lowest BCUT2D eigenvalue weighted by Crippen LogP contribution is -2.42. The molecular weight excluding hydrogens is 424 g/mol. The molecule has 0 spiro atoms. The number of nitrogens with one attached hydrogen (secondary N) is 1. The first kappa shape index (κ1) is 22.3. The van der Waals surface area contributed by atoms with E-state index in [0.717, 1.165) is 71.2 Å². The smallest absolute Gasteiger partial charge is 0.339 e. The van der Waals surface area contributed by atoms with E-state index in [0.29, 0.717) is 5.56 Å². The minimum Gasteiger partial charge on any atom is -0.459 e. The quantitative estimate of drug-likeness (QED) is 0.531. The van der Waals surface area contributed by atoms with Crippen LogP contribution in [-0.2, 0) is 4.74 Å². The van der Waals surface area contributed by atoms with E-state index in [2.05, 4.69) is 35.4 Å². The molecule has 0 atom stereocenters. The third kappa shape index (κ3) is 4.73. The molecule has 2 aliphatic rings. The molecule has 3 N–H and O–H groups in total. The molecule has 1 aliphatic carbocycles. The van der Waals surface area contributed by atoms with Crippen LogP contribution in [0.2, 0.25) is 0 Å². The minimum absolute atomic E-state index is 0.0826. The molecule has 6 nitrogen and oxygen atoms in total. The summed E-state index contributed by atoms with van der Waals surface area (Å²) in [5.41, 5.74) is 12.5. The van der Waals surface area contributed by atoms with Crippen molar-refractivity contribution in [1.82, 2.24) is 15.3 Å². The molecule has 1 aromatic carbocycles. The number of carbonyl (C=O) groups is 1. The molecule has 0 amide bonds. The number of fused-ring (bicyclic) bond motifs is 1. The summed E-state index contributed by atoms with van der Waals surface area (Å²) in [5.74, 6) is -0.323. The van der Waals surface area contributed by atoms with Crippen LogP contribution in [0, 0.1) is 6.92 Å². The van der Waals surface area contributed by atoms with E-state index >= 15 is 0 Å². The molecule has 1 aliphatic heterocycles. The number of esters is 1. The van der Waals surface area contributed by atoms with Gasteiger partial charge < -0.3 is 15.8 Å². The number of carbonyl (C=O) groups excluding carboxylic acids is 1. The average molecular weight is 455 g/mol. The molecular formula is C28H30N4O2. The molecule has 3 aromatic rings. The van der Waals surface area contributed by atoms with Crippen LogP contribution in [0.15, 0.2) is 60.9 Å². The summed E-state index contributed by atoms with van der Waals surface area (Å²) in [6.07, 6.45) is 9.69. The molecule has 0 bridgehead atoms. The lowest BCUT2D eigenvalue weighted by Gasteiger charge is -2.33. The van der Waals surface area contributed by atoms with E-state index in [-0.39, 0.29) is 17.6 Å². The normalized spacial score (nSPS) is 22.5. The maximum atomic E-state index is 12.8. The van der Waals surface area contributed by atoms with Gasteiger partial charge in [-0.2, -0.15) is 0 Å². The number of aryl methyl sites for hydroxylation is 1. The number of benzene rings is 1. The first-order chi connectivity index (χ1) is 16.4. The van der Waals surface area contributed by atoms with Gasteiger partial charge in [0.15, 0.2) is 0 Å². The van der Waals surface area contributed by atoms with Crippen molar-refractivity contribution in [2.75, 3.05) is 0 Å². The molecule has 6 heteroatoms. The lowest BCUT2D eigenvalue weighted by molar-refractivity contribution is 0.0152. The van der Waals surface area contributed by atoms with Crippen molar-refractivity contribution < 1.29 is 9.53 Å². The van der Waals surface area contributed by atoms with E-state index in [1.807, 2.05) is 43.5 Å². The van der Waals surface area contributed by atoms with Crippen LogP contribution in [0.3, 0.4) is 0 Å². The Bertz CT molecular complexity index is 1300. The predicted octanol–water partition coefficient (Wildman–Crippen LogP) is 5.13. The van der Waals surface area contributed by atoms with E-state index in [9.17, 15) is 4.79 Å². The van der Waals surface area contributed by atoms with Crippen LogP contribution in [0.5, 0.6) is 0 Å². The topological polar surface area (TPSA) is 90.1 Å². The van der Waals surface area contributed by atoms with Crippen molar-refractivity contribution in [2.45, 2.75) is 57.6 Å². The highest BCUT2D eigenvalue weighted by Gasteiger charge is 2.29. The number of hydrogen-bond donors (Lipinski definition) is 2. The SMILES string of the molecule is Cc1cccc(C2=C(c3ccc4ncc(C(=O)O[C@H]5CC[C@@](C)(N)CC5)cc4c3)CC=CN2)n1. The second kappa shape index (κ2) is 9.03. The van der Waals surface area contributed by atoms with Gasteiger partial charge in [0, 0.05) is 22.8 Å². The Morgan fingerprint density at radius 3 is 2.79 bits per heavy atom. The van der Waals surface area contributed by atoms with Gasteiger partial charge in [-0.15, -0.1) is 0 Å². The zero-order chi connectivity index (χ0) is 23.7. The lowest BCUT2D eigenvalue weighted by atomic mass is 9.83. The third-order valence-corrected chi connectivity index (χ3v) is 6.73. The van der Waals surface area contributed by atoms with Gasteiger partial charge in [-0.05, 0) is 93.6 Å². The fourth-order valence-electron chi connectivity index (χ4n) is 4.70. The maximum Gasteiger partial charge on any atom is 0.339 e. The largest absolute Gasteiger partial charge is 0.459 e. The van der Waals surface area contributed by atoms with Crippen molar-refractivity contribution in [2.24, 2.45) is 5.73 Å². The second-order valence-corrected chi connectivity index (χ2v) is 9.66. The highest BCUT2D eigenvalue weighted by Crippen LogP contribution is 2.32. The van der Waals surface area contributed by atoms with Crippen molar-refractivity contribution in [3.63, 3.8) is 0 Å². The van der Waals surface area contributed by atoms with Gasteiger partial charge in [-0.25, -0.2) is 4.79 Å². The van der Waals surface area contributed by atoms with Crippen molar-refractivity contribution >= 4 is 28.1 Å². The molecule has 2 aromatic heterocycles. The Hall–Kier alpha value is -3.51. The van der Waals surface area contributed by atoms with Crippen LogP contribution >= 0.6 is 0 Å². The van der Waals surface area contributed by atoms with Crippen LogP contribution in [0.25, 0.3) is 22.2 Å². The molecule has 1 saturated carbocycles. The third-order valence-electron chi connectivity index (χ3n) is 6.73. The summed E-state index contributed by atoms with van der Waals surface area (Å²) in [6.45, 7) is 4.05. The standard InChI is InChI=1S/C28H30N4O2/c1-18-5-3-7-25(32-18)26-23(6-4-14-30-26)19-8-9-24-20(15-19)16-21(17-31-24)27(33)34-22-10-12-28(2,29)13-11-22/h3-5,7-9,14-17,22,30H,6,10-13,29H2,1-2H3/t22-,28+. The van der Waals surface area contributed by atoms with Crippen molar-refractivity contribution in [3.05, 3.63) is 83.5 Å². The van der Waals surface area contributed by atoms with Crippen molar-refractivity contribution in [3.8, 4) is 0 Å². The van der Waals surface area contributed by atoms with Gasteiger partial charge >= 0.3 is 5.97 Å². The number of aromatic nitrogens is 2. The number of hydrogen-bond acceptors (Lipinski definition) is 6. The minimum atomic E-state index is -0.323. The Morgan fingerprint density at radius 1 is 1.18 bits per heavy atom. The molecule has 174 valence electrons. The van der Waals surface area contributed by atoms with E-state index < -0.39 is 0 Å². The first-order valence-electron chi connectivity index (χ1n) is 11.9. The van der Waals surface area contributed by atoms with Crippen LogP contribution < -0.4 is 11.1 Å². The fourth-order valence-corrected chi connectivity index (χ4v) is 4.70. The number of dihydropyridines is 1. The van der Waals surface area contributed by atoms with Crippen LogP contribution in [0.1, 0.15) is 66.3 Å². The maximum absolute atomic E-state index is 12.8. The van der Waals surface area contributed by atoms with Crippen molar-refractivity contribution in [1.29, 1.82) is 0 Å². The van der Waals surface area contributed by atoms with E-state index in [1.165, 1.54) is 0 Å². The molecule has 5 rings (SSSR count). The predicted molar refractivity (Wildman–Crippen MR) is 135 cm³/mol. The number of nitrogens with two attached hydrogens (primary N) is 1. The van der Waals surface area contributed by atoms with Gasteiger partial charge in [-0.3, -0.25) is 9.97 Å². The van der Waals surface area contributed by atoms with Gasteiger partial charge in [-0.1, -0.05) is 18.2 Å². The number of nitrogens with zero attached hydrogens (tertiary/aromatic N) is 2. The van der Waals surface area contributed by atoms with Crippen LogP contribution in [0.4, 0.5) is 0 Å². The zero-order valence-corrected chi connectivity index (χ0v) is 19.7. The summed E-state index contributed by atoms with van der Waals surface area (Å²) in [6, 6.07) is 14.1. The highest BCUT2D eigenvalue weighted by atomic mass is 16.5. The van der Waals surface area contributed by atoms with Gasteiger partial charge in [0.25, 0.3) is 0 Å². The summed E-state index contributed by atoms with van der Waals surface area (Å²) in [5, 5.41) is 4.28. The second-order valence-electron chi connectivity index (χ2n) is 9.66. The Morgan fingerprint density at radius 2 is 2.00 bits per heavy atom. The van der Waals surface area contributed by atoms with E-state index in [4.69, 9.17) is 15.5 Å². The Labute approximate surface area is 199 Å². The summed E-state index contributed by atoms with van der Waals surface area (Å²) in [4.78, 5) is 22.1. The molecule has 34 heavy (non-hydrogen) atoms. The van der Waals surface area contributed by atoms with Gasteiger partial charge in [0.05, 0.1) is 22.5 Å². The monoisotopic (exact) mass is 454 g/mol. The summed E-state index contributed by atoms with van der Waals surface area (Å²) >= 11 is 0. The number of pyridine rings is 2. The molecule has 0 unspecified atom stereocenters. The zero-order valence-electron chi connectivity index (χ0n) is 19.7. The highest BCUT2D eigenvalue weighted by molar-refractivity contribution is 5.97. The molecule has 3 heterocycles. The summed E-state index contributed by atoms with van der Waals surface area (Å²) < 4.78 is 5.78. The van der Waals surface area contributed by atoms with E-state index in [1.54, 1.807) is 6.20 Å². The Balaban J connectivity index is 1.43. The van der Waals surface area contributed by atoms with Gasteiger partial charge in [0.2, 0.25) is 0 Å². The number of allylic oxidation sites excluding steroid dienone is 2. The first-order valence-corrected chi connectivity index (χ1v) is 11.9.